The molecule has 0 aromatic heterocycles. The first-order chi connectivity index (χ1) is 36.8. The summed E-state index contributed by atoms with van der Waals surface area (Å²) in [5.41, 5.74) is 19.6. The molecule has 11 aromatic carbocycles. The fraction of sp³-hybridized carbons (Fsp3) is 0.0294. The highest BCUT2D eigenvalue weighted by atomic mass is 15.1. The van der Waals surface area contributed by atoms with Crippen LogP contribution < -0.4 is 9.80 Å². The number of anilines is 6. The average Bonchev–Trinajstić information content (AvgIpc) is 4.28. The third-order valence-corrected chi connectivity index (χ3v) is 15.0. The van der Waals surface area contributed by atoms with Crippen molar-refractivity contribution in [2.75, 3.05) is 9.80 Å². The van der Waals surface area contributed by atoms with E-state index in [9.17, 15) is 2.74 Å². The van der Waals surface area contributed by atoms with Crippen molar-refractivity contribution in [3.8, 4) is 33.4 Å². The minimum Gasteiger partial charge on any atom is -0.310 e. The van der Waals surface area contributed by atoms with Crippen molar-refractivity contribution in [1.82, 2.24) is 0 Å². The minimum atomic E-state index is -0.760. The third kappa shape index (κ3) is 5.62. The molecule has 11 aromatic rings. The van der Waals surface area contributed by atoms with Gasteiger partial charge in [0.05, 0.1) is 23.4 Å². The van der Waals surface area contributed by atoms with Crippen LogP contribution in [-0.2, 0) is 10.8 Å². The summed E-state index contributed by atoms with van der Waals surface area (Å²) in [6.45, 7) is 0. The Hall–Kier alpha value is -8.98. The van der Waals surface area contributed by atoms with Crippen LogP contribution in [0.5, 0.6) is 0 Å². The van der Waals surface area contributed by atoms with Crippen LogP contribution in [0.15, 0.2) is 279 Å². The molecule has 2 nitrogen and oxygen atoms in total. The second-order valence-corrected chi connectivity index (χ2v) is 18.3. The first kappa shape index (κ1) is 35.2. The van der Waals surface area contributed by atoms with Gasteiger partial charge in [-0.2, -0.15) is 0 Å². The minimum absolute atomic E-state index is 0.0920. The summed E-state index contributed by atoms with van der Waals surface area (Å²) in [5.74, 6) is 0. The van der Waals surface area contributed by atoms with Gasteiger partial charge in [0.25, 0.3) is 0 Å². The monoisotopic (exact) mass is 895 g/mol. The highest BCUT2D eigenvalue weighted by Crippen LogP contribution is 2.65. The summed E-state index contributed by atoms with van der Waals surface area (Å²) in [7, 11) is 0. The Labute approximate surface area is 416 Å². The van der Waals surface area contributed by atoms with Gasteiger partial charge in [0.1, 0.15) is 0 Å². The van der Waals surface area contributed by atoms with Crippen LogP contribution in [-0.4, -0.2) is 0 Å². The topological polar surface area (TPSA) is 6.48 Å². The van der Waals surface area contributed by atoms with Crippen molar-refractivity contribution >= 4 is 34.1 Å². The van der Waals surface area contributed by atoms with Gasteiger partial charge < -0.3 is 9.80 Å². The Balaban J connectivity index is 1.01. The summed E-state index contributed by atoms with van der Waals surface area (Å²) in [6, 6.07) is 87.0. The maximum Gasteiger partial charge on any atom is 0.0726 e. The Morgan fingerprint density at radius 2 is 0.729 bits per heavy atom. The zero-order valence-corrected chi connectivity index (χ0v) is 38.1. The van der Waals surface area contributed by atoms with Crippen molar-refractivity contribution in [1.29, 1.82) is 0 Å². The molecule has 0 N–H and O–H groups in total. The Morgan fingerprint density at radius 1 is 0.271 bits per heavy atom. The van der Waals surface area contributed by atoms with Gasteiger partial charge in [0.15, 0.2) is 0 Å². The van der Waals surface area contributed by atoms with Gasteiger partial charge in [-0.3, -0.25) is 0 Å². The van der Waals surface area contributed by atoms with Gasteiger partial charge in [0.2, 0.25) is 0 Å². The molecule has 1 spiro atoms. The van der Waals surface area contributed by atoms with E-state index in [1.54, 1.807) is 0 Å². The van der Waals surface area contributed by atoms with Gasteiger partial charge >= 0.3 is 0 Å². The van der Waals surface area contributed by atoms with E-state index < -0.39 is 16.9 Å². The van der Waals surface area contributed by atoms with Crippen molar-refractivity contribution in [3.05, 3.63) is 323 Å². The quantitative estimate of drug-likeness (QED) is 0.150. The molecular formula is C68H46N2. The average molecular weight is 896 g/mol. The lowest BCUT2D eigenvalue weighted by Gasteiger charge is -2.34. The molecule has 328 valence electrons. The molecule has 0 radical (unpaired) electrons. The smallest absolute Gasteiger partial charge is 0.0726 e. The first-order valence-corrected chi connectivity index (χ1v) is 23.9. The highest BCUT2D eigenvalue weighted by Gasteiger charge is 2.52. The number of hydrogen-bond acceptors (Lipinski definition) is 2. The molecule has 0 fully saturated rings. The molecule has 0 saturated heterocycles. The van der Waals surface area contributed by atoms with Gasteiger partial charge in [0, 0.05) is 34.0 Å². The summed E-state index contributed by atoms with van der Waals surface area (Å²) in [5, 5.41) is 0. The van der Waals surface area contributed by atoms with Crippen LogP contribution in [0.3, 0.4) is 0 Å². The van der Waals surface area contributed by atoms with Gasteiger partial charge in [-0.15, -0.1) is 0 Å². The maximum absolute atomic E-state index is 9.21. The van der Waals surface area contributed by atoms with Crippen molar-refractivity contribution < 1.29 is 6.85 Å². The number of rotatable bonds is 8. The second kappa shape index (κ2) is 15.8. The molecule has 2 heteroatoms. The van der Waals surface area contributed by atoms with E-state index in [-0.39, 0.29) is 29.9 Å². The molecule has 0 bridgehead atoms. The number of benzene rings is 11. The summed E-state index contributed by atoms with van der Waals surface area (Å²) in [6.07, 6.45) is 0. The maximum atomic E-state index is 9.21. The predicted molar refractivity (Wildman–Crippen MR) is 289 cm³/mol. The predicted octanol–water partition coefficient (Wildman–Crippen LogP) is 17.3. The fourth-order valence-corrected chi connectivity index (χ4v) is 12.4. The van der Waals surface area contributed by atoms with E-state index in [1.807, 2.05) is 41.3 Å². The second-order valence-electron chi connectivity index (χ2n) is 18.3. The first-order valence-electron chi connectivity index (χ1n) is 26.4. The number of para-hydroxylation sites is 3. The summed E-state index contributed by atoms with van der Waals surface area (Å²) in [4.78, 5) is 4.25. The largest absolute Gasteiger partial charge is 0.310 e. The van der Waals surface area contributed by atoms with Crippen LogP contribution in [0.4, 0.5) is 34.1 Å². The van der Waals surface area contributed by atoms with E-state index in [2.05, 4.69) is 217 Å². The molecule has 0 saturated carbocycles. The lowest BCUT2D eigenvalue weighted by atomic mass is 9.68. The number of fused-ring (bicyclic) bond motifs is 13. The molecule has 3 aliphatic rings. The zero-order valence-electron chi connectivity index (χ0n) is 43.1. The van der Waals surface area contributed by atoms with Gasteiger partial charge in [-0.25, -0.2) is 0 Å². The molecule has 14 rings (SSSR count). The van der Waals surface area contributed by atoms with Crippen molar-refractivity contribution in [2.24, 2.45) is 0 Å². The molecule has 0 amide bonds. The Morgan fingerprint density at radius 3 is 1.36 bits per heavy atom. The molecular weight excluding hydrogens is 845 g/mol. The number of hydrogen-bond donors (Lipinski definition) is 0. The Kier molecular flexibility index (Phi) is 7.95. The number of nitrogens with zero attached hydrogens (tertiary/aromatic N) is 2. The van der Waals surface area contributed by atoms with Crippen molar-refractivity contribution in [3.63, 3.8) is 0 Å². The van der Waals surface area contributed by atoms with E-state index in [1.165, 1.54) is 38.9 Å². The standard InChI is InChI=1S/C68H46N2/c1-6-23-47(24-7-1)67(48-25-8-2-9-26-48)61-38-21-18-35-57(61)66-63(67)39-22-40-65(66)70(51-31-14-5-15-32-51)52-42-44-62-58(45-52)55-34-17-20-37-60(55)68(62)59-36-19-16-33-54(59)56-43-41-53(46-64(56)68)69(49-27-10-3-11-28-49)50-29-12-4-13-30-50/h1-46H/i3D,10D,11D,27D,28D. The normalized spacial score (nSPS) is 16.0. The summed E-state index contributed by atoms with van der Waals surface area (Å²) >= 11 is 0. The highest BCUT2D eigenvalue weighted by molar-refractivity contribution is 6.00. The summed E-state index contributed by atoms with van der Waals surface area (Å²) < 4.78 is 44.4. The molecule has 1 atom stereocenters. The molecule has 1 unspecified atom stereocenters. The van der Waals surface area contributed by atoms with E-state index in [0.717, 1.165) is 56.0 Å². The van der Waals surface area contributed by atoms with Gasteiger partial charge in [-0.05, 0) is 139 Å². The molecule has 0 aliphatic heterocycles. The Bertz CT molecular complexity index is 4020. The van der Waals surface area contributed by atoms with Crippen LogP contribution in [0.2, 0.25) is 0 Å². The molecule has 0 heterocycles. The van der Waals surface area contributed by atoms with E-state index in [0.29, 0.717) is 11.4 Å². The van der Waals surface area contributed by atoms with Crippen LogP contribution in [0.25, 0.3) is 33.4 Å². The van der Waals surface area contributed by atoms with Crippen LogP contribution in [0.1, 0.15) is 51.4 Å². The third-order valence-electron chi connectivity index (χ3n) is 15.0. The van der Waals surface area contributed by atoms with Crippen LogP contribution >= 0.6 is 0 Å². The molecule has 3 aliphatic carbocycles. The fourth-order valence-electron chi connectivity index (χ4n) is 12.4. The zero-order chi connectivity index (χ0) is 50.6. The SMILES string of the molecule is [2H]c1c([2H])c([2H])c(N(c2ccccc2)c2ccc3c(c2)C2(c4ccccc4-c4cc(N(c5ccccc5)c5cccc6c5-c5ccccc5C6(c5ccccc5)c5ccccc5)ccc42)c2ccccc2-3)c([2H])c1[2H]. The van der Waals surface area contributed by atoms with Gasteiger partial charge in [-0.1, -0.05) is 212 Å². The van der Waals surface area contributed by atoms with E-state index in [4.69, 9.17) is 4.11 Å². The van der Waals surface area contributed by atoms with E-state index >= 15 is 0 Å². The van der Waals surface area contributed by atoms with Crippen LogP contribution in [0, 0.1) is 0 Å². The molecule has 70 heavy (non-hydrogen) atoms. The lowest BCUT2D eigenvalue weighted by molar-refractivity contribution is 0.768. The van der Waals surface area contributed by atoms with Crippen molar-refractivity contribution in [2.45, 2.75) is 10.8 Å². The lowest BCUT2D eigenvalue weighted by Crippen LogP contribution is -2.28.